The first kappa shape index (κ1) is 16.5. The number of piperazine rings is 1. The number of anilines is 2. The molecule has 0 atom stereocenters. The monoisotopic (exact) mass is 363 g/mol. The molecule has 0 N–H and O–H groups in total. The average Bonchev–Trinajstić information content (AvgIpc) is 3.16. The van der Waals surface area contributed by atoms with Gasteiger partial charge >= 0.3 is 0 Å². The first-order valence-corrected chi connectivity index (χ1v) is 9.28. The molecule has 0 unspecified atom stereocenters. The lowest BCUT2D eigenvalue weighted by Gasteiger charge is -2.37. The number of benzene rings is 1. The second kappa shape index (κ2) is 6.73. The molecule has 0 radical (unpaired) electrons. The molecule has 1 aromatic carbocycles. The summed E-state index contributed by atoms with van der Waals surface area (Å²) in [5.74, 6) is 0.984. The molecule has 130 valence electrons. The van der Waals surface area contributed by atoms with E-state index in [2.05, 4.69) is 25.8 Å². The molecule has 4 rings (SSSR count). The van der Waals surface area contributed by atoms with E-state index in [0.717, 1.165) is 47.9 Å². The highest BCUT2D eigenvalue weighted by atomic mass is 32.1. The van der Waals surface area contributed by atoms with Gasteiger partial charge in [0.2, 0.25) is 0 Å². The lowest BCUT2D eigenvalue weighted by molar-refractivity contribution is 0.101. The summed E-state index contributed by atoms with van der Waals surface area (Å²) in [5.41, 5.74) is 3.05. The van der Waals surface area contributed by atoms with Crippen molar-refractivity contribution in [2.45, 2.75) is 6.92 Å². The number of hydrogen-bond donors (Lipinski definition) is 0. The molecule has 6 nitrogen and oxygen atoms in total. The zero-order valence-electron chi connectivity index (χ0n) is 14.3. The zero-order valence-corrected chi connectivity index (χ0v) is 15.2. The van der Waals surface area contributed by atoms with Crippen LogP contribution in [0, 0.1) is 11.3 Å². The summed E-state index contributed by atoms with van der Waals surface area (Å²) in [5, 5.41) is 11.4. The fourth-order valence-electron chi connectivity index (χ4n) is 3.27. The van der Waals surface area contributed by atoms with Gasteiger partial charge in [-0.25, -0.2) is 9.97 Å². The predicted molar refractivity (Wildman–Crippen MR) is 103 cm³/mol. The fraction of sp³-hybridized carbons (Fsp3) is 0.263. The molecule has 2 aromatic heterocycles. The molecular formula is C19H17N5OS. The van der Waals surface area contributed by atoms with Gasteiger partial charge in [-0.1, -0.05) is 0 Å². The molecule has 3 heterocycles. The molecule has 0 aliphatic carbocycles. The predicted octanol–water partition coefficient (Wildman–Crippen LogP) is 3.09. The van der Waals surface area contributed by atoms with E-state index in [-0.39, 0.29) is 5.78 Å². The molecule has 3 aromatic rings. The molecule has 0 bridgehead atoms. The minimum absolute atomic E-state index is 0.00967. The molecule has 0 saturated carbocycles. The van der Waals surface area contributed by atoms with Gasteiger partial charge in [0.15, 0.2) is 5.78 Å². The molecule has 26 heavy (non-hydrogen) atoms. The highest BCUT2D eigenvalue weighted by Crippen LogP contribution is 2.30. The van der Waals surface area contributed by atoms with Crippen molar-refractivity contribution in [1.82, 2.24) is 9.97 Å². The highest BCUT2D eigenvalue weighted by molar-refractivity contribution is 7.17. The Hall–Kier alpha value is -2.98. The lowest BCUT2D eigenvalue weighted by Crippen LogP contribution is -2.47. The Bertz CT molecular complexity index is 1010. The molecule has 1 aliphatic heterocycles. The Kier molecular flexibility index (Phi) is 4.27. The number of nitriles is 1. The van der Waals surface area contributed by atoms with Crippen LogP contribution in [-0.2, 0) is 0 Å². The van der Waals surface area contributed by atoms with Gasteiger partial charge in [-0.15, -0.1) is 11.3 Å². The summed E-state index contributed by atoms with van der Waals surface area (Å²) in [7, 11) is 0. The number of hydrogen-bond acceptors (Lipinski definition) is 7. The Labute approximate surface area is 155 Å². The maximum absolute atomic E-state index is 11.7. The van der Waals surface area contributed by atoms with Crippen LogP contribution in [0.15, 0.2) is 36.0 Å². The van der Waals surface area contributed by atoms with Gasteiger partial charge in [0.1, 0.15) is 18.2 Å². The maximum Gasteiger partial charge on any atom is 0.159 e. The molecule has 1 saturated heterocycles. The van der Waals surface area contributed by atoms with Crippen molar-refractivity contribution in [2.24, 2.45) is 0 Å². The SMILES string of the molecule is CC(=O)c1ccc(C#N)c(N2CCN(c3ncnc4ccsc34)CC2)c1. The standard InChI is InChI=1S/C19H17N5OS/c1-13(25)14-2-3-15(11-20)17(10-14)23-5-7-24(8-6-23)19-18-16(4-9-26-18)21-12-22-19/h2-4,9-10,12H,5-8H2,1H3. The fourth-order valence-corrected chi connectivity index (χ4v) is 4.13. The maximum atomic E-state index is 11.7. The zero-order chi connectivity index (χ0) is 18.1. The first-order valence-electron chi connectivity index (χ1n) is 8.40. The van der Waals surface area contributed by atoms with Crippen molar-refractivity contribution in [2.75, 3.05) is 36.0 Å². The summed E-state index contributed by atoms with van der Waals surface area (Å²) in [4.78, 5) is 24.9. The summed E-state index contributed by atoms with van der Waals surface area (Å²) in [6.45, 7) is 4.70. The second-order valence-corrected chi connectivity index (χ2v) is 7.12. The number of carbonyl (C=O) groups excluding carboxylic acids is 1. The molecule has 0 spiro atoms. The molecule has 0 amide bonds. The minimum atomic E-state index is 0.00967. The van der Waals surface area contributed by atoms with Crippen molar-refractivity contribution in [3.63, 3.8) is 0 Å². The van der Waals surface area contributed by atoms with Crippen LogP contribution in [0.3, 0.4) is 0 Å². The van der Waals surface area contributed by atoms with Gasteiger partial charge in [0, 0.05) is 31.7 Å². The van der Waals surface area contributed by atoms with Crippen LogP contribution in [0.2, 0.25) is 0 Å². The van der Waals surface area contributed by atoms with Gasteiger partial charge in [0.25, 0.3) is 0 Å². The Morgan fingerprint density at radius 3 is 2.65 bits per heavy atom. The van der Waals surface area contributed by atoms with Gasteiger partial charge in [-0.05, 0) is 36.6 Å². The summed E-state index contributed by atoms with van der Waals surface area (Å²) in [6.07, 6.45) is 1.61. The van der Waals surface area contributed by atoms with Crippen LogP contribution < -0.4 is 9.80 Å². The third-order valence-corrected chi connectivity index (χ3v) is 5.57. The Morgan fingerprint density at radius 1 is 1.15 bits per heavy atom. The van der Waals surface area contributed by atoms with Gasteiger partial charge in [-0.3, -0.25) is 4.79 Å². The van der Waals surface area contributed by atoms with E-state index in [4.69, 9.17) is 0 Å². The van der Waals surface area contributed by atoms with E-state index in [1.54, 1.807) is 36.7 Å². The Balaban J connectivity index is 1.57. The molecule has 1 aliphatic rings. The molecule has 7 heteroatoms. The van der Waals surface area contributed by atoms with E-state index in [0.29, 0.717) is 11.1 Å². The number of fused-ring (bicyclic) bond motifs is 1. The van der Waals surface area contributed by atoms with Crippen molar-refractivity contribution < 1.29 is 4.79 Å². The lowest BCUT2D eigenvalue weighted by atomic mass is 10.1. The van der Waals surface area contributed by atoms with Gasteiger partial charge in [0.05, 0.1) is 21.5 Å². The van der Waals surface area contributed by atoms with E-state index in [1.165, 1.54) is 0 Å². The number of rotatable bonds is 3. The second-order valence-electron chi connectivity index (χ2n) is 6.21. The summed E-state index contributed by atoms with van der Waals surface area (Å²) < 4.78 is 1.11. The summed E-state index contributed by atoms with van der Waals surface area (Å²) >= 11 is 1.66. The van der Waals surface area contributed by atoms with Crippen LogP contribution in [0.4, 0.5) is 11.5 Å². The number of aromatic nitrogens is 2. The number of carbonyl (C=O) groups is 1. The van der Waals surface area contributed by atoms with E-state index in [9.17, 15) is 10.1 Å². The van der Waals surface area contributed by atoms with E-state index in [1.807, 2.05) is 17.5 Å². The average molecular weight is 363 g/mol. The van der Waals surface area contributed by atoms with Gasteiger partial charge < -0.3 is 9.80 Å². The number of ketones is 1. The van der Waals surface area contributed by atoms with E-state index < -0.39 is 0 Å². The number of thiophene rings is 1. The normalized spacial score (nSPS) is 14.5. The molecular weight excluding hydrogens is 346 g/mol. The van der Waals surface area contributed by atoms with Crippen LogP contribution >= 0.6 is 11.3 Å². The first-order chi connectivity index (χ1) is 12.7. The third-order valence-electron chi connectivity index (χ3n) is 4.67. The van der Waals surface area contributed by atoms with Crippen molar-refractivity contribution >= 4 is 38.8 Å². The highest BCUT2D eigenvalue weighted by Gasteiger charge is 2.22. The van der Waals surface area contributed by atoms with Crippen molar-refractivity contribution in [3.05, 3.63) is 47.1 Å². The number of nitrogens with zero attached hydrogens (tertiary/aromatic N) is 5. The van der Waals surface area contributed by atoms with Crippen LogP contribution in [0.1, 0.15) is 22.8 Å². The van der Waals surface area contributed by atoms with Crippen molar-refractivity contribution in [3.8, 4) is 6.07 Å². The molecule has 1 fully saturated rings. The van der Waals surface area contributed by atoms with Crippen molar-refractivity contribution in [1.29, 1.82) is 5.26 Å². The number of Topliss-reactive ketones (excluding diaryl/α,β-unsaturated/α-hetero) is 1. The van der Waals surface area contributed by atoms with Gasteiger partial charge in [-0.2, -0.15) is 5.26 Å². The van der Waals surface area contributed by atoms with E-state index >= 15 is 0 Å². The summed E-state index contributed by atoms with van der Waals surface area (Å²) in [6, 6.07) is 9.53. The Morgan fingerprint density at radius 2 is 1.92 bits per heavy atom. The largest absolute Gasteiger partial charge is 0.367 e. The third kappa shape index (κ3) is 2.89. The van der Waals surface area contributed by atoms with Crippen LogP contribution in [0.25, 0.3) is 10.2 Å². The van der Waals surface area contributed by atoms with Crippen LogP contribution in [-0.4, -0.2) is 41.9 Å². The van der Waals surface area contributed by atoms with Crippen LogP contribution in [0.5, 0.6) is 0 Å². The smallest absolute Gasteiger partial charge is 0.159 e. The minimum Gasteiger partial charge on any atom is -0.367 e. The quantitative estimate of drug-likeness (QED) is 0.666. The topological polar surface area (TPSA) is 73.1 Å².